The van der Waals surface area contributed by atoms with Crippen LogP contribution < -0.4 is 15.7 Å². The van der Waals surface area contributed by atoms with Crippen molar-refractivity contribution in [3.63, 3.8) is 0 Å². The maximum atomic E-state index is 13.0. The number of fused-ring (bicyclic) bond motifs is 2. The summed E-state index contributed by atoms with van der Waals surface area (Å²) in [5.41, 5.74) is 3.33. The van der Waals surface area contributed by atoms with Crippen LogP contribution in [0.1, 0.15) is 15.9 Å². The van der Waals surface area contributed by atoms with Crippen molar-refractivity contribution in [2.45, 2.75) is 6.92 Å². The number of para-hydroxylation sites is 1. The number of hydrogen-bond donors (Lipinski definition) is 1. The summed E-state index contributed by atoms with van der Waals surface area (Å²) in [6, 6.07) is 26.2. The summed E-state index contributed by atoms with van der Waals surface area (Å²) in [6.45, 7) is 1.90. The summed E-state index contributed by atoms with van der Waals surface area (Å²) in [7, 11) is 1.55. The van der Waals surface area contributed by atoms with Crippen LogP contribution >= 0.6 is 0 Å². The third kappa shape index (κ3) is 3.85. The second-order valence-electron chi connectivity index (χ2n) is 7.87. The molecule has 0 radical (unpaired) electrons. The smallest absolute Gasteiger partial charge is 0.344 e. The number of nitrogens with one attached hydrogen (secondary N) is 1. The molecule has 0 unspecified atom stereocenters. The number of methoxy groups -OCH3 is 1. The van der Waals surface area contributed by atoms with E-state index >= 15 is 0 Å². The van der Waals surface area contributed by atoms with Gasteiger partial charge in [0.25, 0.3) is 5.91 Å². The van der Waals surface area contributed by atoms with Crippen LogP contribution in [-0.2, 0) is 0 Å². The monoisotopic (exact) mass is 435 g/mol. The maximum Gasteiger partial charge on any atom is 0.344 e. The van der Waals surface area contributed by atoms with Crippen LogP contribution in [0.15, 0.2) is 94.1 Å². The molecule has 4 aromatic carbocycles. The van der Waals surface area contributed by atoms with Crippen molar-refractivity contribution in [2.24, 2.45) is 0 Å². The van der Waals surface area contributed by atoms with E-state index in [2.05, 4.69) is 5.32 Å². The van der Waals surface area contributed by atoms with E-state index in [4.69, 9.17) is 9.15 Å². The summed E-state index contributed by atoms with van der Waals surface area (Å²) in [5.74, 6) is 0.239. The Morgan fingerprint density at radius 1 is 0.818 bits per heavy atom. The normalized spacial score (nSPS) is 11.0. The van der Waals surface area contributed by atoms with E-state index in [9.17, 15) is 9.59 Å². The zero-order chi connectivity index (χ0) is 22.9. The van der Waals surface area contributed by atoms with Crippen molar-refractivity contribution in [1.29, 1.82) is 0 Å². The Labute approximate surface area is 190 Å². The van der Waals surface area contributed by atoms with Gasteiger partial charge in [-0.15, -0.1) is 0 Å². The Bertz CT molecular complexity index is 1580. The van der Waals surface area contributed by atoms with Crippen LogP contribution in [0.3, 0.4) is 0 Å². The van der Waals surface area contributed by atoms with E-state index in [1.165, 1.54) is 0 Å². The zero-order valence-electron chi connectivity index (χ0n) is 18.2. The zero-order valence-corrected chi connectivity index (χ0v) is 18.2. The lowest BCUT2D eigenvalue weighted by atomic mass is 10.00. The lowest BCUT2D eigenvalue weighted by Crippen LogP contribution is -2.13. The molecule has 5 aromatic rings. The molecule has 0 atom stereocenters. The van der Waals surface area contributed by atoms with Gasteiger partial charge in [0, 0.05) is 11.1 Å². The highest BCUT2D eigenvalue weighted by Gasteiger charge is 2.16. The van der Waals surface area contributed by atoms with Crippen LogP contribution in [0.4, 0.5) is 5.69 Å². The molecule has 1 N–H and O–H groups in total. The Balaban J connectivity index is 1.47. The molecule has 0 bridgehead atoms. The van der Waals surface area contributed by atoms with Gasteiger partial charge in [-0.3, -0.25) is 4.79 Å². The summed E-state index contributed by atoms with van der Waals surface area (Å²) >= 11 is 0. The van der Waals surface area contributed by atoms with Crippen molar-refractivity contribution in [2.75, 3.05) is 12.4 Å². The third-order valence-corrected chi connectivity index (χ3v) is 5.73. The van der Waals surface area contributed by atoms with E-state index in [-0.39, 0.29) is 5.91 Å². The predicted octanol–water partition coefficient (Wildman–Crippen LogP) is 6.18. The molecule has 1 heterocycles. The topological polar surface area (TPSA) is 68.5 Å². The first-order chi connectivity index (χ1) is 16.0. The van der Waals surface area contributed by atoms with Gasteiger partial charge in [-0.25, -0.2) is 4.79 Å². The molecule has 5 heteroatoms. The molecule has 0 aliphatic rings. The molecule has 0 aliphatic carbocycles. The van der Waals surface area contributed by atoms with Crippen molar-refractivity contribution in [3.8, 4) is 16.9 Å². The number of carbonyl (C=O) groups is 1. The summed E-state index contributed by atoms with van der Waals surface area (Å²) in [6.07, 6.45) is 0. The van der Waals surface area contributed by atoms with Gasteiger partial charge >= 0.3 is 5.63 Å². The summed E-state index contributed by atoms with van der Waals surface area (Å²) in [5, 5.41) is 5.75. The van der Waals surface area contributed by atoms with Gasteiger partial charge in [0.15, 0.2) is 0 Å². The number of anilines is 1. The van der Waals surface area contributed by atoms with E-state index in [0.717, 1.165) is 27.3 Å². The molecule has 0 aliphatic heterocycles. The molecule has 1 amide bonds. The molecule has 5 rings (SSSR count). The lowest BCUT2D eigenvalue weighted by molar-refractivity contribution is 0.102. The second kappa shape index (κ2) is 8.28. The maximum absolute atomic E-state index is 13.0. The quantitative estimate of drug-likeness (QED) is 0.342. The minimum absolute atomic E-state index is 0.269. The molecule has 0 fully saturated rings. The first-order valence-corrected chi connectivity index (χ1v) is 10.6. The number of benzene rings is 4. The number of aryl methyl sites for hydroxylation is 1. The van der Waals surface area contributed by atoms with Crippen molar-refractivity contribution in [1.82, 2.24) is 0 Å². The van der Waals surface area contributed by atoms with Crippen molar-refractivity contribution < 1.29 is 13.9 Å². The molecule has 0 spiro atoms. The van der Waals surface area contributed by atoms with Crippen molar-refractivity contribution >= 4 is 33.3 Å². The van der Waals surface area contributed by atoms with Gasteiger partial charge in [-0.2, -0.15) is 0 Å². The SMILES string of the molecule is COc1cc2ccccc2cc1C(=O)Nc1ccc(-c2cc3ccccc3oc2=O)c(C)c1. The van der Waals surface area contributed by atoms with Gasteiger partial charge in [-0.1, -0.05) is 48.5 Å². The number of hydrogen-bond acceptors (Lipinski definition) is 4. The van der Waals surface area contributed by atoms with Crippen LogP contribution in [0.5, 0.6) is 5.75 Å². The molecule has 0 saturated carbocycles. The highest BCUT2D eigenvalue weighted by Crippen LogP contribution is 2.29. The average Bonchev–Trinajstić information content (AvgIpc) is 2.83. The number of carbonyl (C=O) groups excluding carboxylic acids is 1. The van der Waals surface area contributed by atoms with E-state index in [1.54, 1.807) is 19.2 Å². The third-order valence-electron chi connectivity index (χ3n) is 5.73. The molecule has 33 heavy (non-hydrogen) atoms. The fraction of sp³-hybridized carbons (Fsp3) is 0.0714. The highest BCUT2D eigenvalue weighted by molar-refractivity contribution is 6.08. The summed E-state index contributed by atoms with van der Waals surface area (Å²) in [4.78, 5) is 25.6. The fourth-order valence-corrected chi connectivity index (χ4v) is 4.06. The average molecular weight is 435 g/mol. The van der Waals surface area contributed by atoms with Gasteiger partial charge < -0.3 is 14.5 Å². The number of amides is 1. The molecular formula is C28H21NO4. The van der Waals surface area contributed by atoms with E-state index < -0.39 is 5.63 Å². The Kier molecular flexibility index (Phi) is 5.15. The number of rotatable bonds is 4. The minimum Gasteiger partial charge on any atom is -0.496 e. The van der Waals surface area contributed by atoms with Gasteiger partial charge in [-0.05, 0) is 65.2 Å². The van der Waals surface area contributed by atoms with E-state index in [1.807, 2.05) is 79.7 Å². The van der Waals surface area contributed by atoms with Gasteiger partial charge in [0.2, 0.25) is 0 Å². The minimum atomic E-state index is -0.394. The number of ether oxygens (including phenoxy) is 1. The molecule has 0 saturated heterocycles. The Morgan fingerprint density at radius 2 is 1.52 bits per heavy atom. The molecular weight excluding hydrogens is 414 g/mol. The Hall–Kier alpha value is -4.38. The molecule has 5 nitrogen and oxygen atoms in total. The fourth-order valence-electron chi connectivity index (χ4n) is 4.06. The molecule has 1 aromatic heterocycles. The van der Waals surface area contributed by atoms with Gasteiger partial charge in [0.1, 0.15) is 11.3 Å². The highest BCUT2D eigenvalue weighted by atomic mass is 16.5. The van der Waals surface area contributed by atoms with Crippen molar-refractivity contribution in [3.05, 3.63) is 106 Å². The molecule has 162 valence electrons. The Morgan fingerprint density at radius 3 is 2.24 bits per heavy atom. The van der Waals surface area contributed by atoms with Crippen LogP contribution in [-0.4, -0.2) is 13.0 Å². The predicted molar refractivity (Wildman–Crippen MR) is 131 cm³/mol. The first kappa shape index (κ1) is 20.5. The summed E-state index contributed by atoms with van der Waals surface area (Å²) < 4.78 is 10.9. The van der Waals surface area contributed by atoms with Crippen LogP contribution in [0, 0.1) is 6.92 Å². The largest absolute Gasteiger partial charge is 0.496 e. The lowest BCUT2D eigenvalue weighted by Gasteiger charge is -2.13. The van der Waals surface area contributed by atoms with Crippen LogP contribution in [0.25, 0.3) is 32.9 Å². The van der Waals surface area contributed by atoms with Crippen LogP contribution in [0.2, 0.25) is 0 Å². The van der Waals surface area contributed by atoms with Gasteiger partial charge in [0.05, 0.1) is 18.2 Å². The van der Waals surface area contributed by atoms with E-state index in [0.29, 0.717) is 28.1 Å². The second-order valence-corrected chi connectivity index (χ2v) is 7.87. The standard InChI is InChI=1S/C28H21NO4/c1-17-13-21(11-12-22(17)23-15-20-9-5-6-10-25(20)33-28(23)31)29-27(30)24-14-18-7-3-4-8-19(18)16-26(24)32-2/h3-16H,1-2H3,(H,29,30). The first-order valence-electron chi connectivity index (χ1n) is 10.6.